The minimum Gasteiger partial charge on any atom is -0.496 e. The number of halogens is 1. The van der Waals surface area contributed by atoms with Crippen LogP contribution in [0.4, 0.5) is 0 Å². The number of hydrogen-bond acceptors (Lipinski definition) is 3. The minimum atomic E-state index is -0.225. The second-order valence-corrected chi connectivity index (χ2v) is 5.61. The molecule has 2 N–H and O–H groups in total. The largest absolute Gasteiger partial charge is 0.496 e. The first-order chi connectivity index (χ1) is 11.2. The molecule has 0 bridgehead atoms. The van der Waals surface area contributed by atoms with Crippen LogP contribution in [0.25, 0.3) is 0 Å². The van der Waals surface area contributed by atoms with Crippen molar-refractivity contribution < 1.29 is 14.6 Å². The molecular weight excluding hydrogens is 314 g/mol. The highest BCUT2D eigenvalue weighted by Crippen LogP contribution is 2.23. The highest BCUT2D eigenvalue weighted by Gasteiger charge is 2.16. The van der Waals surface area contributed by atoms with Gasteiger partial charge in [-0.05, 0) is 30.2 Å². The van der Waals surface area contributed by atoms with E-state index in [9.17, 15) is 9.90 Å². The molecule has 0 radical (unpaired) electrons. The van der Waals surface area contributed by atoms with Gasteiger partial charge in [-0.1, -0.05) is 41.9 Å². The summed E-state index contributed by atoms with van der Waals surface area (Å²) in [5.41, 5.74) is 1.53. The molecule has 1 unspecified atom stereocenters. The van der Waals surface area contributed by atoms with Crippen LogP contribution in [0.2, 0.25) is 5.02 Å². The minimum absolute atomic E-state index is 0.0587. The molecule has 0 aromatic heterocycles. The van der Waals surface area contributed by atoms with Gasteiger partial charge in [0.1, 0.15) is 5.75 Å². The van der Waals surface area contributed by atoms with Gasteiger partial charge in [-0.15, -0.1) is 0 Å². The van der Waals surface area contributed by atoms with E-state index in [-0.39, 0.29) is 18.4 Å². The quantitative estimate of drug-likeness (QED) is 0.817. The van der Waals surface area contributed by atoms with Crippen molar-refractivity contribution >= 4 is 17.5 Å². The lowest BCUT2D eigenvalue weighted by molar-refractivity contribution is 0.0946. The van der Waals surface area contributed by atoms with E-state index in [0.717, 1.165) is 5.56 Å². The molecule has 2 rings (SSSR count). The van der Waals surface area contributed by atoms with Crippen LogP contribution < -0.4 is 10.1 Å². The zero-order valence-corrected chi connectivity index (χ0v) is 13.7. The number of rotatable bonds is 7. The van der Waals surface area contributed by atoms with Gasteiger partial charge in [0, 0.05) is 24.1 Å². The van der Waals surface area contributed by atoms with Crippen molar-refractivity contribution in [2.24, 2.45) is 0 Å². The molecule has 0 saturated carbocycles. The van der Waals surface area contributed by atoms with Gasteiger partial charge in [-0.25, -0.2) is 0 Å². The van der Waals surface area contributed by atoms with E-state index < -0.39 is 0 Å². The lowest BCUT2D eigenvalue weighted by Gasteiger charge is -2.17. The molecule has 2 aromatic rings. The smallest absolute Gasteiger partial charge is 0.255 e. The number of carbonyl (C=O) groups is 1. The zero-order chi connectivity index (χ0) is 16.7. The van der Waals surface area contributed by atoms with E-state index in [4.69, 9.17) is 16.3 Å². The van der Waals surface area contributed by atoms with Crippen LogP contribution in [0.1, 0.15) is 28.3 Å². The molecular formula is C18H20ClNO3. The first-order valence-electron chi connectivity index (χ1n) is 7.43. The van der Waals surface area contributed by atoms with Gasteiger partial charge in [-0.2, -0.15) is 0 Å². The van der Waals surface area contributed by atoms with Crippen LogP contribution in [-0.4, -0.2) is 31.3 Å². The van der Waals surface area contributed by atoms with Crippen molar-refractivity contribution in [3.63, 3.8) is 0 Å². The molecule has 1 amide bonds. The number of amides is 1. The molecule has 5 heteroatoms. The van der Waals surface area contributed by atoms with E-state index in [1.807, 2.05) is 30.3 Å². The van der Waals surface area contributed by atoms with E-state index in [0.29, 0.717) is 29.3 Å². The van der Waals surface area contributed by atoms with Gasteiger partial charge in [0.05, 0.1) is 12.7 Å². The molecule has 0 heterocycles. The Bertz CT molecular complexity index is 646. The van der Waals surface area contributed by atoms with Crippen LogP contribution in [0.15, 0.2) is 48.5 Å². The van der Waals surface area contributed by atoms with Crippen LogP contribution >= 0.6 is 11.6 Å². The number of aliphatic hydroxyl groups excluding tert-OH is 1. The maximum atomic E-state index is 12.4. The summed E-state index contributed by atoms with van der Waals surface area (Å²) < 4.78 is 5.20. The molecule has 4 nitrogen and oxygen atoms in total. The van der Waals surface area contributed by atoms with Crippen molar-refractivity contribution in [3.05, 3.63) is 64.7 Å². The SMILES string of the molecule is COc1cc(Cl)ccc1C(=O)NCC(CCO)c1ccccc1. The van der Waals surface area contributed by atoms with E-state index in [1.165, 1.54) is 7.11 Å². The first-order valence-corrected chi connectivity index (χ1v) is 7.81. The molecule has 1 atom stereocenters. The predicted molar refractivity (Wildman–Crippen MR) is 91.2 cm³/mol. The molecule has 0 aliphatic rings. The highest BCUT2D eigenvalue weighted by atomic mass is 35.5. The van der Waals surface area contributed by atoms with Crippen molar-refractivity contribution in [1.29, 1.82) is 0 Å². The third kappa shape index (κ3) is 4.71. The van der Waals surface area contributed by atoms with Gasteiger partial charge in [0.15, 0.2) is 0 Å². The van der Waals surface area contributed by atoms with Crippen molar-refractivity contribution in [3.8, 4) is 5.75 Å². The van der Waals surface area contributed by atoms with Gasteiger partial charge >= 0.3 is 0 Å². The molecule has 0 aliphatic carbocycles. The third-order valence-corrected chi connectivity index (χ3v) is 3.90. The van der Waals surface area contributed by atoms with Crippen LogP contribution in [0.5, 0.6) is 5.75 Å². The number of hydrogen-bond donors (Lipinski definition) is 2. The summed E-state index contributed by atoms with van der Waals surface area (Å²) in [6, 6.07) is 14.7. The lowest BCUT2D eigenvalue weighted by atomic mass is 9.96. The Labute approximate surface area is 141 Å². The summed E-state index contributed by atoms with van der Waals surface area (Å²) in [5.74, 6) is 0.272. The molecule has 2 aromatic carbocycles. The second-order valence-electron chi connectivity index (χ2n) is 5.17. The zero-order valence-electron chi connectivity index (χ0n) is 13.0. The fourth-order valence-corrected chi connectivity index (χ4v) is 2.59. The number of carbonyl (C=O) groups excluding carboxylic acids is 1. The van der Waals surface area contributed by atoms with E-state index >= 15 is 0 Å². The Hall–Kier alpha value is -2.04. The average molecular weight is 334 g/mol. The van der Waals surface area contributed by atoms with Gasteiger partial charge in [0.25, 0.3) is 5.91 Å². The van der Waals surface area contributed by atoms with Crippen molar-refractivity contribution in [2.75, 3.05) is 20.3 Å². The van der Waals surface area contributed by atoms with Crippen molar-refractivity contribution in [1.82, 2.24) is 5.32 Å². The maximum Gasteiger partial charge on any atom is 0.255 e. The molecule has 0 fully saturated rings. The van der Waals surface area contributed by atoms with Crippen LogP contribution in [0.3, 0.4) is 0 Å². The second kappa shape index (κ2) is 8.56. The van der Waals surface area contributed by atoms with Gasteiger partial charge < -0.3 is 15.2 Å². The van der Waals surface area contributed by atoms with Crippen molar-refractivity contribution in [2.45, 2.75) is 12.3 Å². The fraction of sp³-hybridized carbons (Fsp3) is 0.278. The Morgan fingerprint density at radius 1 is 1.26 bits per heavy atom. The molecule has 0 aliphatic heterocycles. The summed E-state index contributed by atoms with van der Waals surface area (Å²) in [5, 5.41) is 12.7. The average Bonchev–Trinajstić information content (AvgIpc) is 2.58. The summed E-state index contributed by atoms with van der Waals surface area (Å²) >= 11 is 5.91. The molecule has 122 valence electrons. The topological polar surface area (TPSA) is 58.6 Å². The summed E-state index contributed by atoms with van der Waals surface area (Å²) in [6.07, 6.45) is 0.585. The summed E-state index contributed by atoms with van der Waals surface area (Å²) in [6.45, 7) is 0.509. The highest BCUT2D eigenvalue weighted by molar-refractivity contribution is 6.30. The molecule has 23 heavy (non-hydrogen) atoms. The first kappa shape index (κ1) is 17.3. The maximum absolute atomic E-state index is 12.4. The summed E-state index contributed by atoms with van der Waals surface area (Å²) in [7, 11) is 1.50. The Kier molecular flexibility index (Phi) is 6.44. The predicted octanol–water partition coefficient (Wildman–Crippen LogP) is 3.24. The Morgan fingerprint density at radius 2 is 2.00 bits per heavy atom. The number of benzene rings is 2. The number of nitrogens with one attached hydrogen (secondary N) is 1. The van der Waals surface area contributed by atoms with Gasteiger partial charge in [-0.3, -0.25) is 4.79 Å². The molecule has 0 saturated heterocycles. The van der Waals surface area contributed by atoms with E-state index in [1.54, 1.807) is 18.2 Å². The standard InChI is InChI=1S/C18H20ClNO3/c1-23-17-11-15(19)7-8-16(17)18(22)20-12-14(9-10-21)13-5-3-2-4-6-13/h2-8,11,14,21H,9-10,12H2,1H3,(H,20,22). The van der Waals surface area contributed by atoms with Gasteiger partial charge in [0.2, 0.25) is 0 Å². The number of aliphatic hydroxyl groups is 1. The van der Waals surface area contributed by atoms with Crippen LogP contribution in [-0.2, 0) is 0 Å². The fourth-order valence-electron chi connectivity index (χ4n) is 2.43. The third-order valence-electron chi connectivity index (χ3n) is 3.67. The Balaban J connectivity index is 2.07. The molecule has 0 spiro atoms. The number of ether oxygens (including phenoxy) is 1. The number of methoxy groups -OCH3 is 1. The van der Waals surface area contributed by atoms with Crippen LogP contribution in [0, 0.1) is 0 Å². The lowest BCUT2D eigenvalue weighted by Crippen LogP contribution is -2.29. The normalized spacial score (nSPS) is 11.8. The van der Waals surface area contributed by atoms with E-state index in [2.05, 4.69) is 5.32 Å². The monoisotopic (exact) mass is 333 g/mol. The Morgan fingerprint density at radius 3 is 2.65 bits per heavy atom. The summed E-state index contributed by atoms with van der Waals surface area (Å²) in [4.78, 5) is 12.4.